The van der Waals surface area contributed by atoms with Gasteiger partial charge in [-0.25, -0.2) is 9.48 Å². The molecule has 3 heterocycles. The molecule has 2 N–H and O–H groups in total. The van der Waals surface area contributed by atoms with E-state index in [1.807, 2.05) is 30.1 Å². The van der Waals surface area contributed by atoms with Crippen molar-refractivity contribution in [1.82, 2.24) is 34.7 Å². The average Bonchev–Trinajstić information content (AvgIpc) is 3.56. The second-order valence-electron chi connectivity index (χ2n) is 10.9. The quantitative estimate of drug-likeness (QED) is 0.476. The van der Waals surface area contributed by atoms with Crippen LogP contribution in [0.5, 0.6) is 5.75 Å². The first-order valence-electron chi connectivity index (χ1n) is 13.5. The van der Waals surface area contributed by atoms with Crippen LogP contribution in [0.2, 0.25) is 0 Å². The minimum atomic E-state index is -1.13. The van der Waals surface area contributed by atoms with Crippen LogP contribution in [0, 0.1) is 0 Å². The molecule has 0 spiro atoms. The molecule has 5 rings (SSSR count). The molecule has 38 heavy (non-hydrogen) atoms. The molecule has 2 fully saturated rings. The summed E-state index contributed by atoms with van der Waals surface area (Å²) in [7, 11) is 2.00. The fraction of sp³-hybridized carbons (Fsp3) is 0.593. The molecular formula is C27H37N7O4. The van der Waals surface area contributed by atoms with Gasteiger partial charge in [0.15, 0.2) is 5.82 Å². The molecule has 1 saturated carbocycles. The van der Waals surface area contributed by atoms with E-state index < -0.39 is 11.7 Å². The molecule has 11 nitrogen and oxygen atoms in total. The van der Waals surface area contributed by atoms with Crippen LogP contribution < -0.4 is 4.74 Å². The second-order valence-corrected chi connectivity index (χ2v) is 10.9. The number of hydrogen-bond donors (Lipinski definition) is 2. The van der Waals surface area contributed by atoms with E-state index in [-0.39, 0.29) is 6.04 Å². The van der Waals surface area contributed by atoms with Crippen molar-refractivity contribution >= 4 is 6.09 Å². The van der Waals surface area contributed by atoms with Crippen LogP contribution in [0.15, 0.2) is 30.5 Å². The number of rotatable bonds is 7. The average molecular weight is 524 g/mol. The van der Waals surface area contributed by atoms with E-state index in [9.17, 15) is 15.0 Å². The van der Waals surface area contributed by atoms with Gasteiger partial charge in [0.1, 0.15) is 29.5 Å². The van der Waals surface area contributed by atoms with Gasteiger partial charge in [0, 0.05) is 26.1 Å². The maximum absolute atomic E-state index is 11.2. The van der Waals surface area contributed by atoms with Crippen molar-refractivity contribution in [1.29, 1.82) is 0 Å². The standard InChI is InChI=1S/C27H37N7O4/c1-18(2)20-5-4-6-22(15-20)38-17-24-29-30-25(32(24)3)19-7-9-21(10-8-19)34-16-23(28-31-34)27(37)11-13-33(14-12-27)26(35)36/h4-6,15-16,18-19,21,37H,7-14,17H2,1-3H3,(H,35,36)/t19-,21-. The van der Waals surface area contributed by atoms with Crippen LogP contribution in [0.1, 0.15) is 93.2 Å². The smallest absolute Gasteiger partial charge is 0.407 e. The molecule has 1 amide bonds. The molecule has 0 atom stereocenters. The number of carboxylic acid groups (broad SMARTS) is 1. The lowest BCUT2D eigenvalue weighted by Crippen LogP contribution is -2.44. The van der Waals surface area contributed by atoms with Gasteiger partial charge >= 0.3 is 6.09 Å². The maximum Gasteiger partial charge on any atom is 0.407 e. The highest BCUT2D eigenvalue weighted by atomic mass is 16.5. The van der Waals surface area contributed by atoms with Crippen LogP contribution in [-0.2, 0) is 19.3 Å². The molecule has 2 aliphatic rings. The summed E-state index contributed by atoms with van der Waals surface area (Å²) in [5.74, 6) is 3.39. The summed E-state index contributed by atoms with van der Waals surface area (Å²) in [6.45, 7) is 5.29. The Morgan fingerprint density at radius 3 is 2.55 bits per heavy atom. The summed E-state index contributed by atoms with van der Waals surface area (Å²) in [5.41, 5.74) is 0.644. The van der Waals surface area contributed by atoms with Crippen LogP contribution in [0.3, 0.4) is 0 Å². The van der Waals surface area contributed by atoms with Crippen LogP contribution in [-0.4, -0.2) is 64.1 Å². The van der Waals surface area contributed by atoms with E-state index >= 15 is 0 Å². The summed E-state index contributed by atoms with van der Waals surface area (Å²) in [6, 6.07) is 8.39. The van der Waals surface area contributed by atoms with E-state index in [0.717, 1.165) is 43.1 Å². The van der Waals surface area contributed by atoms with Gasteiger partial charge in [0.25, 0.3) is 0 Å². The van der Waals surface area contributed by atoms with Crippen molar-refractivity contribution in [3.8, 4) is 5.75 Å². The topological polar surface area (TPSA) is 131 Å². The normalized spacial score (nSPS) is 21.6. The third-order valence-electron chi connectivity index (χ3n) is 8.18. The summed E-state index contributed by atoms with van der Waals surface area (Å²) >= 11 is 0. The molecule has 204 valence electrons. The van der Waals surface area contributed by atoms with Crippen LogP contribution >= 0.6 is 0 Å². The van der Waals surface area contributed by atoms with E-state index in [0.29, 0.717) is 50.1 Å². The first-order valence-corrected chi connectivity index (χ1v) is 13.5. The zero-order valence-electron chi connectivity index (χ0n) is 22.3. The number of carbonyl (C=O) groups is 1. The summed E-state index contributed by atoms with van der Waals surface area (Å²) < 4.78 is 9.95. The molecule has 0 unspecified atom stereocenters. The van der Waals surface area contributed by atoms with Gasteiger partial charge in [-0.3, -0.25) is 0 Å². The third-order valence-corrected chi connectivity index (χ3v) is 8.18. The van der Waals surface area contributed by atoms with Crippen LogP contribution in [0.4, 0.5) is 4.79 Å². The predicted octanol–water partition coefficient (Wildman–Crippen LogP) is 3.97. The van der Waals surface area contributed by atoms with Gasteiger partial charge in [-0.2, -0.15) is 0 Å². The SMILES string of the molecule is CC(C)c1cccc(OCc2nnc([C@H]3CC[C@H](n4cc(C5(O)CCN(C(=O)O)CC5)nn4)CC3)n2C)c1. The van der Waals surface area contributed by atoms with Gasteiger partial charge in [-0.05, 0) is 62.1 Å². The predicted molar refractivity (Wildman–Crippen MR) is 139 cm³/mol. The summed E-state index contributed by atoms with van der Waals surface area (Å²) in [4.78, 5) is 12.5. The molecule has 1 aliphatic heterocycles. The van der Waals surface area contributed by atoms with E-state index in [1.54, 1.807) is 0 Å². The number of hydrogen-bond acceptors (Lipinski definition) is 7. The number of nitrogens with zero attached hydrogens (tertiary/aromatic N) is 7. The Bertz CT molecular complexity index is 1250. The first kappa shape index (κ1) is 26.1. The third kappa shape index (κ3) is 5.38. The Morgan fingerprint density at radius 1 is 1.13 bits per heavy atom. The van der Waals surface area contributed by atoms with Crippen LogP contribution in [0.25, 0.3) is 0 Å². The largest absolute Gasteiger partial charge is 0.486 e. The molecule has 1 saturated heterocycles. The number of ether oxygens (including phenoxy) is 1. The monoisotopic (exact) mass is 523 g/mol. The molecule has 11 heteroatoms. The van der Waals surface area contributed by atoms with Gasteiger partial charge in [-0.1, -0.05) is 31.2 Å². The number of likely N-dealkylation sites (tertiary alicyclic amines) is 1. The molecular weight excluding hydrogens is 486 g/mol. The zero-order chi connectivity index (χ0) is 26.9. The number of amides is 1. The second kappa shape index (κ2) is 10.7. The Kier molecular flexibility index (Phi) is 7.38. The lowest BCUT2D eigenvalue weighted by Gasteiger charge is -2.35. The molecule has 2 aromatic heterocycles. The molecule has 1 aliphatic carbocycles. The van der Waals surface area contributed by atoms with Gasteiger partial charge in [0.05, 0.1) is 12.2 Å². The van der Waals surface area contributed by atoms with Gasteiger partial charge in [-0.15, -0.1) is 15.3 Å². The number of piperidine rings is 1. The van der Waals surface area contributed by atoms with Crippen molar-refractivity contribution in [3.05, 3.63) is 53.4 Å². The number of aromatic nitrogens is 6. The summed E-state index contributed by atoms with van der Waals surface area (Å²) in [5, 5.41) is 37.8. The zero-order valence-corrected chi connectivity index (χ0v) is 22.3. The Labute approximate surface area is 222 Å². The van der Waals surface area contributed by atoms with Crippen molar-refractivity contribution in [2.24, 2.45) is 7.05 Å². The summed E-state index contributed by atoms with van der Waals surface area (Å²) in [6.07, 6.45) is 5.32. The first-order chi connectivity index (χ1) is 18.2. The number of aliphatic hydroxyl groups is 1. The van der Waals surface area contributed by atoms with Crippen molar-refractivity contribution in [3.63, 3.8) is 0 Å². The molecule has 0 bridgehead atoms. The van der Waals surface area contributed by atoms with E-state index in [1.165, 1.54) is 10.5 Å². The molecule has 3 aromatic rings. The highest BCUT2D eigenvalue weighted by molar-refractivity contribution is 5.65. The highest BCUT2D eigenvalue weighted by Crippen LogP contribution is 2.38. The Morgan fingerprint density at radius 2 is 1.87 bits per heavy atom. The van der Waals surface area contributed by atoms with E-state index in [4.69, 9.17) is 4.74 Å². The Hall–Kier alpha value is -3.47. The minimum absolute atomic E-state index is 0.208. The lowest BCUT2D eigenvalue weighted by molar-refractivity contribution is -0.0248. The highest BCUT2D eigenvalue weighted by Gasteiger charge is 2.38. The number of benzene rings is 1. The van der Waals surface area contributed by atoms with Gasteiger partial charge < -0.3 is 24.4 Å². The molecule has 1 aromatic carbocycles. The van der Waals surface area contributed by atoms with Crippen molar-refractivity contribution < 1.29 is 19.7 Å². The molecule has 0 radical (unpaired) electrons. The van der Waals surface area contributed by atoms with Crippen molar-refractivity contribution in [2.75, 3.05) is 13.1 Å². The van der Waals surface area contributed by atoms with Crippen molar-refractivity contribution in [2.45, 2.75) is 82.5 Å². The Balaban J connectivity index is 1.16. The lowest BCUT2D eigenvalue weighted by atomic mass is 9.85. The fourth-order valence-corrected chi connectivity index (χ4v) is 5.56. The maximum atomic E-state index is 11.2. The minimum Gasteiger partial charge on any atom is -0.486 e. The van der Waals surface area contributed by atoms with E-state index in [2.05, 4.69) is 51.1 Å². The van der Waals surface area contributed by atoms with Gasteiger partial charge in [0.2, 0.25) is 0 Å². The fourth-order valence-electron chi connectivity index (χ4n) is 5.56.